The fourth-order valence-electron chi connectivity index (χ4n) is 1.24. The van der Waals surface area contributed by atoms with Gasteiger partial charge in [-0.15, -0.1) is 11.6 Å². The molecule has 0 bridgehead atoms. The highest BCUT2D eigenvalue weighted by molar-refractivity contribution is 6.17. The molecule has 1 rings (SSSR count). The van der Waals surface area contributed by atoms with Crippen LogP contribution in [0.15, 0.2) is 18.2 Å². The highest BCUT2D eigenvalue weighted by Gasteiger charge is 2.04. The van der Waals surface area contributed by atoms with Gasteiger partial charge in [-0.05, 0) is 19.4 Å². The average Bonchev–Trinajstić information content (AvgIpc) is 2.27. The van der Waals surface area contributed by atoms with Gasteiger partial charge < -0.3 is 9.47 Å². The Kier molecular flexibility index (Phi) is 5.33. The van der Waals surface area contributed by atoms with E-state index in [1.165, 1.54) is 0 Å². The minimum atomic E-state index is 0.462. The summed E-state index contributed by atoms with van der Waals surface area (Å²) in [4.78, 5) is 0. The minimum absolute atomic E-state index is 0.462. The van der Waals surface area contributed by atoms with Crippen molar-refractivity contribution in [2.75, 3.05) is 13.2 Å². The van der Waals surface area contributed by atoms with Gasteiger partial charge in [0.05, 0.1) is 19.1 Å². The van der Waals surface area contributed by atoms with Gasteiger partial charge in [0.25, 0.3) is 0 Å². The van der Waals surface area contributed by atoms with E-state index in [2.05, 4.69) is 6.92 Å². The van der Waals surface area contributed by atoms with Crippen LogP contribution in [0.3, 0.4) is 0 Å². The fourth-order valence-corrected chi connectivity index (χ4v) is 1.47. The third-order valence-corrected chi connectivity index (χ3v) is 2.24. The molecule has 0 atom stereocenters. The summed E-state index contributed by atoms with van der Waals surface area (Å²) >= 11 is 5.80. The highest BCUT2D eigenvalue weighted by Crippen LogP contribution is 2.26. The predicted octanol–water partition coefficient (Wildman–Crippen LogP) is 3.61. The molecule has 84 valence electrons. The molecule has 0 saturated heterocycles. The Hall–Kier alpha value is -0.890. The standard InChI is InChI=1S/C12H17ClO2/c1-3-7-15-11-6-5-10(9-13)12(8-11)14-4-2/h5-6,8H,3-4,7,9H2,1-2H3. The summed E-state index contributed by atoms with van der Waals surface area (Å²) in [6, 6.07) is 5.77. The van der Waals surface area contributed by atoms with Gasteiger partial charge in [0.1, 0.15) is 11.5 Å². The van der Waals surface area contributed by atoms with Crippen molar-refractivity contribution in [1.82, 2.24) is 0 Å². The van der Waals surface area contributed by atoms with Crippen LogP contribution in [0.1, 0.15) is 25.8 Å². The summed E-state index contributed by atoms with van der Waals surface area (Å²) in [7, 11) is 0. The molecule has 0 aromatic heterocycles. The molecular weight excluding hydrogens is 212 g/mol. The molecule has 3 heteroatoms. The highest BCUT2D eigenvalue weighted by atomic mass is 35.5. The van der Waals surface area contributed by atoms with Gasteiger partial charge in [-0.25, -0.2) is 0 Å². The topological polar surface area (TPSA) is 18.5 Å². The lowest BCUT2D eigenvalue weighted by Crippen LogP contribution is -1.98. The first-order valence-corrected chi connectivity index (χ1v) is 5.79. The molecule has 2 nitrogen and oxygen atoms in total. The SMILES string of the molecule is CCCOc1ccc(CCl)c(OCC)c1. The largest absolute Gasteiger partial charge is 0.493 e. The summed E-state index contributed by atoms with van der Waals surface area (Å²) in [5.41, 5.74) is 1.00. The number of hydrogen-bond acceptors (Lipinski definition) is 2. The number of alkyl halides is 1. The van der Waals surface area contributed by atoms with Gasteiger partial charge in [-0.2, -0.15) is 0 Å². The lowest BCUT2D eigenvalue weighted by molar-refractivity contribution is 0.308. The van der Waals surface area contributed by atoms with Crippen molar-refractivity contribution in [3.8, 4) is 11.5 Å². The van der Waals surface area contributed by atoms with E-state index in [9.17, 15) is 0 Å². The van der Waals surface area contributed by atoms with Crippen LogP contribution in [0, 0.1) is 0 Å². The molecule has 0 fully saturated rings. The average molecular weight is 229 g/mol. The summed E-state index contributed by atoms with van der Waals surface area (Å²) in [5, 5.41) is 0. The van der Waals surface area contributed by atoms with Crippen LogP contribution < -0.4 is 9.47 Å². The molecule has 0 heterocycles. The molecule has 0 radical (unpaired) electrons. The summed E-state index contributed by atoms with van der Waals surface area (Å²) in [6.45, 7) is 5.40. The predicted molar refractivity (Wildman–Crippen MR) is 63.0 cm³/mol. The van der Waals surface area contributed by atoms with Crippen LogP contribution in [0.25, 0.3) is 0 Å². The number of ether oxygens (including phenoxy) is 2. The molecule has 0 N–H and O–H groups in total. The quantitative estimate of drug-likeness (QED) is 0.693. The molecule has 1 aromatic rings. The normalized spacial score (nSPS) is 10.1. The number of halogens is 1. The van der Waals surface area contributed by atoms with Crippen molar-refractivity contribution < 1.29 is 9.47 Å². The Balaban J connectivity index is 2.79. The molecule has 15 heavy (non-hydrogen) atoms. The van der Waals surface area contributed by atoms with Gasteiger partial charge in [0, 0.05) is 11.6 Å². The Morgan fingerprint density at radius 2 is 2.00 bits per heavy atom. The first-order valence-electron chi connectivity index (χ1n) is 5.26. The van der Waals surface area contributed by atoms with E-state index >= 15 is 0 Å². The van der Waals surface area contributed by atoms with E-state index in [4.69, 9.17) is 21.1 Å². The monoisotopic (exact) mass is 228 g/mol. The van der Waals surface area contributed by atoms with Gasteiger partial charge in [0.15, 0.2) is 0 Å². The van der Waals surface area contributed by atoms with E-state index in [0.717, 1.165) is 30.1 Å². The molecule has 0 aliphatic rings. The zero-order valence-corrected chi connectivity index (χ0v) is 10.0. The van der Waals surface area contributed by atoms with Crippen LogP contribution in [0.5, 0.6) is 11.5 Å². The van der Waals surface area contributed by atoms with E-state index in [-0.39, 0.29) is 0 Å². The van der Waals surface area contributed by atoms with Crippen molar-refractivity contribution in [3.05, 3.63) is 23.8 Å². The fraction of sp³-hybridized carbons (Fsp3) is 0.500. The first kappa shape index (κ1) is 12.2. The molecule has 0 saturated carbocycles. The summed E-state index contributed by atoms with van der Waals surface area (Å²) in [6.07, 6.45) is 1.00. The number of rotatable bonds is 6. The van der Waals surface area contributed by atoms with Crippen molar-refractivity contribution in [2.45, 2.75) is 26.1 Å². The van der Waals surface area contributed by atoms with Crippen LogP contribution in [0.2, 0.25) is 0 Å². The summed E-state index contributed by atoms with van der Waals surface area (Å²) in [5.74, 6) is 2.12. The zero-order valence-electron chi connectivity index (χ0n) is 9.25. The Morgan fingerprint density at radius 3 is 2.60 bits per heavy atom. The molecule has 0 spiro atoms. The Bertz CT molecular complexity index is 300. The lowest BCUT2D eigenvalue weighted by Gasteiger charge is -2.11. The third kappa shape index (κ3) is 3.63. The second-order valence-corrected chi connectivity index (χ2v) is 3.45. The molecular formula is C12H17ClO2. The van der Waals surface area contributed by atoms with Gasteiger partial charge in [0.2, 0.25) is 0 Å². The van der Waals surface area contributed by atoms with E-state index < -0.39 is 0 Å². The molecule has 1 aromatic carbocycles. The van der Waals surface area contributed by atoms with Gasteiger partial charge in [-0.1, -0.05) is 13.0 Å². The maximum absolute atomic E-state index is 5.80. The molecule has 0 unspecified atom stereocenters. The molecule has 0 aliphatic carbocycles. The van der Waals surface area contributed by atoms with Crippen LogP contribution in [-0.2, 0) is 5.88 Å². The van der Waals surface area contributed by atoms with Crippen molar-refractivity contribution >= 4 is 11.6 Å². The Morgan fingerprint density at radius 1 is 1.20 bits per heavy atom. The number of hydrogen-bond donors (Lipinski definition) is 0. The Labute approximate surface area is 96.2 Å². The summed E-state index contributed by atoms with van der Waals surface area (Å²) < 4.78 is 11.0. The van der Waals surface area contributed by atoms with Gasteiger partial charge in [-0.3, -0.25) is 0 Å². The van der Waals surface area contributed by atoms with Crippen molar-refractivity contribution in [1.29, 1.82) is 0 Å². The van der Waals surface area contributed by atoms with Crippen molar-refractivity contribution in [3.63, 3.8) is 0 Å². The maximum Gasteiger partial charge on any atom is 0.127 e. The smallest absolute Gasteiger partial charge is 0.127 e. The van der Waals surface area contributed by atoms with Crippen LogP contribution >= 0.6 is 11.6 Å². The maximum atomic E-state index is 5.80. The van der Waals surface area contributed by atoms with Crippen molar-refractivity contribution in [2.24, 2.45) is 0 Å². The minimum Gasteiger partial charge on any atom is -0.493 e. The van der Waals surface area contributed by atoms with E-state index in [1.807, 2.05) is 25.1 Å². The zero-order chi connectivity index (χ0) is 11.1. The van der Waals surface area contributed by atoms with E-state index in [1.54, 1.807) is 0 Å². The van der Waals surface area contributed by atoms with E-state index in [0.29, 0.717) is 12.5 Å². The molecule has 0 aliphatic heterocycles. The first-order chi connectivity index (χ1) is 7.31. The molecule has 0 amide bonds. The van der Waals surface area contributed by atoms with Crippen LogP contribution in [0.4, 0.5) is 0 Å². The lowest BCUT2D eigenvalue weighted by atomic mass is 10.2. The van der Waals surface area contributed by atoms with Crippen LogP contribution in [-0.4, -0.2) is 13.2 Å². The second kappa shape index (κ2) is 6.57. The number of benzene rings is 1. The third-order valence-electron chi connectivity index (χ3n) is 1.96. The second-order valence-electron chi connectivity index (χ2n) is 3.18. The van der Waals surface area contributed by atoms with Gasteiger partial charge >= 0.3 is 0 Å².